The van der Waals surface area contributed by atoms with Crippen molar-refractivity contribution in [1.29, 1.82) is 0 Å². The van der Waals surface area contributed by atoms with Crippen molar-refractivity contribution in [3.05, 3.63) is 0 Å². The summed E-state index contributed by atoms with van der Waals surface area (Å²) < 4.78 is 0. The molecule has 4 heavy (non-hydrogen) atoms. The Morgan fingerprint density at radius 2 is 1.25 bits per heavy atom. The van der Waals surface area contributed by atoms with E-state index in [4.69, 9.17) is 0 Å². The molecule has 0 heterocycles. The van der Waals surface area contributed by atoms with Gasteiger partial charge in [-0.05, 0) is 0 Å². The third-order valence-corrected chi connectivity index (χ3v) is 0. The van der Waals surface area contributed by atoms with Gasteiger partial charge in [0.15, 0.2) is 0 Å². The number of rotatable bonds is 0. The molecular weight excluding hydrogens is 114 g/mol. The summed E-state index contributed by atoms with van der Waals surface area (Å²) in [7, 11) is 0. The van der Waals surface area contributed by atoms with Gasteiger partial charge in [-0.3, -0.25) is 0 Å². The zero-order chi connectivity index (χ0) is 0. The van der Waals surface area contributed by atoms with Crippen LogP contribution in [-0.2, 0) is 17.1 Å². The van der Waals surface area contributed by atoms with E-state index in [1.54, 1.807) is 0 Å². The van der Waals surface area contributed by atoms with E-state index in [0.717, 1.165) is 0 Å². The molecule has 23 valence electrons. The van der Waals surface area contributed by atoms with Crippen LogP contribution in [0.2, 0.25) is 0 Å². The van der Waals surface area contributed by atoms with Gasteiger partial charge in [0.05, 0.1) is 0 Å². The predicted octanol–water partition coefficient (Wildman–Crippen LogP) is -6.15. The molecule has 0 atom stereocenters. The maximum Gasteiger partial charge on any atom is 2.00 e. The molecule has 0 fully saturated rings. The van der Waals surface area contributed by atoms with Crippen LogP contribution in [0.25, 0.3) is 0 Å². The third-order valence-electron chi connectivity index (χ3n) is 0. The van der Waals surface area contributed by atoms with E-state index in [2.05, 4.69) is 0 Å². The zero-order valence-electron chi connectivity index (χ0n) is 4.39. The maximum absolute atomic E-state index is 0. The maximum atomic E-state index is 0. The molecule has 1 radical (unpaired) electrons. The smallest absolute Gasteiger partial charge is 1.00 e. The summed E-state index contributed by atoms with van der Waals surface area (Å²) in [4.78, 5) is 0. The molecule has 0 saturated heterocycles. The number of halogens is 1. The van der Waals surface area contributed by atoms with Crippen molar-refractivity contribution >= 4 is 23.1 Å². The molecule has 0 bridgehead atoms. The minimum absolute atomic E-state index is 0. The first-order valence-electron chi connectivity index (χ1n) is 0. The van der Waals surface area contributed by atoms with E-state index in [1.165, 1.54) is 0 Å². The first-order valence-corrected chi connectivity index (χ1v) is 0. The van der Waals surface area contributed by atoms with E-state index in [9.17, 15) is 0 Å². The Balaban J connectivity index is 0. The Morgan fingerprint density at radius 1 is 1.25 bits per heavy atom. The second-order valence-corrected chi connectivity index (χ2v) is 0. The van der Waals surface area contributed by atoms with Gasteiger partial charge in [-0.2, -0.15) is 0 Å². The van der Waals surface area contributed by atoms with Gasteiger partial charge < -0.3 is 7.56 Å². The van der Waals surface area contributed by atoms with Gasteiger partial charge in [0.25, 0.3) is 0 Å². The van der Waals surface area contributed by atoms with Crippen molar-refractivity contribution < 1.29 is 43.5 Å². The normalized spacial score (nSPS) is 0. The van der Waals surface area contributed by atoms with Crippen LogP contribution in [-0.4, -0.2) is 23.1 Å². The Kier molecular flexibility index (Phi) is 218. The largest absolute Gasteiger partial charge is 2.00 e. The monoisotopic (exact) mass is 115 g/mol. The minimum atomic E-state index is 0. The first-order chi connectivity index (χ1) is 0. The van der Waals surface area contributed by atoms with Crippen LogP contribution in [0, 0.1) is 0 Å². The van der Waals surface area contributed by atoms with Gasteiger partial charge in [0, 0.05) is 17.1 Å². The van der Waals surface area contributed by atoms with Gasteiger partial charge in [0.2, 0.25) is 0 Å². The molecular formula is H2CuFLiMg. The molecule has 0 nitrogen and oxygen atoms in total. The summed E-state index contributed by atoms with van der Waals surface area (Å²) in [5.74, 6) is 0. The summed E-state index contributed by atoms with van der Waals surface area (Å²) >= 11 is 0. The van der Waals surface area contributed by atoms with Crippen molar-refractivity contribution in [2.75, 3.05) is 0 Å². The van der Waals surface area contributed by atoms with Gasteiger partial charge in [-0.1, -0.05) is 0 Å². The molecule has 0 rings (SSSR count). The standard InChI is InChI=1S/Cu.FH.Li.Mg.2H/h;1H;;;;/q;;+1;+2;2*-1/p-1. The molecule has 0 N–H and O–H groups in total. The molecule has 4 heteroatoms. The number of hydrogen-bond donors (Lipinski definition) is 0. The quantitative estimate of drug-likeness (QED) is 0.276. The Morgan fingerprint density at radius 3 is 1.25 bits per heavy atom. The molecule has 0 unspecified atom stereocenters. The van der Waals surface area contributed by atoms with Gasteiger partial charge >= 0.3 is 41.9 Å². The summed E-state index contributed by atoms with van der Waals surface area (Å²) in [5.41, 5.74) is 0. The van der Waals surface area contributed by atoms with Crippen molar-refractivity contribution in [2.24, 2.45) is 0 Å². The van der Waals surface area contributed by atoms with Gasteiger partial charge in [-0.15, -0.1) is 0 Å². The molecule has 0 aliphatic rings. The molecule has 0 amide bonds. The van der Waals surface area contributed by atoms with Crippen molar-refractivity contribution in [1.82, 2.24) is 0 Å². The fourth-order valence-electron chi connectivity index (χ4n) is 0. The van der Waals surface area contributed by atoms with E-state index >= 15 is 0 Å². The molecule has 0 aliphatic carbocycles. The van der Waals surface area contributed by atoms with Crippen molar-refractivity contribution in [2.45, 2.75) is 0 Å². The molecule has 0 spiro atoms. The topological polar surface area (TPSA) is 0 Å². The zero-order valence-corrected chi connectivity index (χ0v) is 4.74. The fraction of sp³-hybridized carbons (Fsp3) is 0. The number of hydrogen-bond acceptors (Lipinski definition) is 0. The third kappa shape index (κ3) is 9.18. The predicted molar refractivity (Wildman–Crippen MR) is 7.98 cm³/mol. The average Bonchev–Trinajstić information content (AvgIpc) is 0. The van der Waals surface area contributed by atoms with E-state index in [-0.39, 0.29) is 66.5 Å². The average molecular weight is 116 g/mol. The van der Waals surface area contributed by atoms with E-state index in [1.807, 2.05) is 0 Å². The Labute approximate surface area is 66.2 Å². The SMILES string of the molecule is [Cu].[F-].[H-].[H-].[Li+].[Mg+2]. The van der Waals surface area contributed by atoms with Gasteiger partial charge in [-0.25, -0.2) is 0 Å². The summed E-state index contributed by atoms with van der Waals surface area (Å²) in [6.45, 7) is 0. The van der Waals surface area contributed by atoms with E-state index in [0.29, 0.717) is 0 Å². The summed E-state index contributed by atoms with van der Waals surface area (Å²) in [5, 5.41) is 0. The van der Waals surface area contributed by atoms with Crippen LogP contribution >= 0.6 is 0 Å². The second kappa shape index (κ2) is 21.3. The van der Waals surface area contributed by atoms with Crippen LogP contribution in [0.3, 0.4) is 0 Å². The first kappa shape index (κ1) is 41.0. The van der Waals surface area contributed by atoms with Crippen LogP contribution in [0.5, 0.6) is 0 Å². The van der Waals surface area contributed by atoms with Crippen molar-refractivity contribution in [3.63, 3.8) is 0 Å². The fourth-order valence-corrected chi connectivity index (χ4v) is 0. The summed E-state index contributed by atoms with van der Waals surface area (Å²) in [6, 6.07) is 0. The van der Waals surface area contributed by atoms with Crippen molar-refractivity contribution in [3.8, 4) is 0 Å². The second-order valence-electron chi connectivity index (χ2n) is 0. The molecule has 0 aromatic rings. The minimum Gasteiger partial charge on any atom is -1.00 e. The van der Waals surface area contributed by atoms with E-state index < -0.39 is 0 Å². The molecule has 0 saturated carbocycles. The molecule has 0 aliphatic heterocycles. The van der Waals surface area contributed by atoms with Crippen LogP contribution in [0.1, 0.15) is 2.85 Å². The summed E-state index contributed by atoms with van der Waals surface area (Å²) in [6.07, 6.45) is 0. The van der Waals surface area contributed by atoms with Crippen LogP contribution in [0.4, 0.5) is 0 Å². The Hall–Kier alpha value is 1.81. The van der Waals surface area contributed by atoms with Gasteiger partial charge in [0.1, 0.15) is 0 Å². The Bertz CT molecular complexity index is 13.5. The molecule has 0 aromatic carbocycles. The van der Waals surface area contributed by atoms with Crippen LogP contribution in [0.15, 0.2) is 0 Å². The molecule has 0 aromatic heterocycles. The van der Waals surface area contributed by atoms with Crippen LogP contribution < -0.4 is 23.6 Å².